The molecule has 0 fully saturated rings. The van der Waals surface area contributed by atoms with E-state index in [9.17, 15) is 4.79 Å². The maximum absolute atomic E-state index is 13.4. The zero-order chi connectivity index (χ0) is 21.1. The highest BCUT2D eigenvalue weighted by Crippen LogP contribution is 2.45. The fraction of sp³-hybridized carbons (Fsp3) is 0.0714. The predicted molar refractivity (Wildman–Crippen MR) is 127 cm³/mol. The zero-order valence-electron chi connectivity index (χ0n) is 17.4. The Kier molecular flexibility index (Phi) is 3.75. The molecule has 1 aliphatic carbocycles. The molecule has 0 atom stereocenters. The van der Waals surface area contributed by atoms with Crippen molar-refractivity contribution in [3.05, 3.63) is 101 Å². The molecule has 0 unspecified atom stereocenters. The van der Waals surface area contributed by atoms with Gasteiger partial charge in [-0.1, -0.05) is 53.6 Å². The highest BCUT2D eigenvalue weighted by molar-refractivity contribution is 6.30. The molecule has 1 aromatic heterocycles. The summed E-state index contributed by atoms with van der Waals surface area (Å²) in [6.07, 6.45) is 0. The summed E-state index contributed by atoms with van der Waals surface area (Å²) in [4.78, 5) is 18.4. The number of pyridine rings is 1. The number of anilines is 2. The number of carbonyl (C=O) groups is 1. The van der Waals surface area contributed by atoms with Crippen molar-refractivity contribution in [1.29, 1.82) is 0 Å². The lowest BCUT2D eigenvalue weighted by Crippen LogP contribution is -2.11. The lowest BCUT2D eigenvalue weighted by atomic mass is 9.82. The van der Waals surface area contributed by atoms with E-state index in [-0.39, 0.29) is 5.78 Å². The number of hydrogen-bond acceptors (Lipinski definition) is 3. The second-order valence-electron chi connectivity index (χ2n) is 8.26. The van der Waals surface area contributed by atoms with Crippen LogP contribution in [-0.2, 0) is 0 Å². The van der Waals surface area contributed by atoms with Crippen LogP contribution in [0.2, 0.25) is 0 Å². The molecule has 1 aliphatic rings. The van der Waals surface area contributed by atoms with Gasteiger partial charge in [0.15, 0.2) is 5.78 Å². The Morgan fingerprint density at radius 1 is 0.742 bits per heavy atom. The second-order valence-corrected chi connectivity index (χ2v) is 8.26. The van der Waals surface area contributed by atoms with Gasteiger partial charge < -0.3 is 5.32 Å². The van der Waals surface area contributed by atoms with E-state index in [4.69, 9.17) is 4.98 Å². The summed E-state index contributed by atoms with van der Waals surface area (Å²) in [6.45, 7) is 4.16. The van der Waals surface area contributed by atoms with E-state index in [0.717, 1.165) is 49.9 Å². The van der Waals surface area contributed by atoms with Crippen LogP contribution >= 0.6 is 0 Å². The van der Waals surface area contributed by atoms with Gasteiger partial charge in [-0.3, -0.25) is 4.79 Å². The van der Waals surface area contributed by atoms with E-state index in [1.807, 2.05) is 36.4 Å². The lowest BCUT2D eigenvalue weighted by Gasteiger charge is -2.23. The smallest absolute Gasteiger partial charge is 0.194 e. The van der Waals surface area contributed by atoms with Crippen LogP contribution in [0.15, 0.2) is 78.9 Å². The van der Waals surface area contributed by atoms with Gasteiger partial charge in [0.05, 0.1) is 16.7 Å². The van der Waals surface area contributed by atoms with Crippen LogP contribution in [0.4, 0.5) is 11.4 Å². The number of carbonyl (C=O) groups excluding carboxylic acids is 1. The van der Waals surface area contributed by atoms with Crippen LogP contribution < -0.4 is 5.32 Å². The van der Waals surface area contributed by atoms with Gasteiger partial charge in [-0.15, -0.1) is 0 Å². The number of hydrogen-bond donors (Lipinski definition) is 1. The number of benzene rings is 4. The first kappa shape index (κ1) is 17.8. The predicted octanol–water partition coefficient (Wildman–Crippen LogP) is 6.96. The quantitative estimate of drug-likeness (QED) is 0.319. The molecule has 3 heteroatoms. The number of nitrogens with zero attached hydrogens (tertiary/aromatic N) is 1. The molecule has 31 heavy (non-hydrogen) atoms. The monoisotopic (exact) mass is 400 g/mol. The maximum atomic E-state index is 13.4. The van der Waals surface area contributed by atoms with Gasteiger partial charge >= 0.3 is 0 Å². The van der Waals surface area contributed by atoms with Crippen molar-refractivity contribution in [3.8, 4) is 11.1 Å². The number of fused-ring (bicyclic) bond motifs is 4. The van der Waals surface area contributed by atoms with Crippen LogP contribution in [0, 0.1) is 13.8 Å². The average molecular weight is 400 g/mol. The molecular weight excluding hydrogens is 380 g/mol. The Morgan fingerprint density at radius 2 is 1.48 bits per heavy atom. The summed E-state index contributed by atoms with van der Waals surface area (Å²) in [5.41, 5.74) is 9.59. The number of nitrogens with one attached hydrogen (secondary N) is 1. The Bertz CT molecular complexity index is 1530. The molecular formula is C28H20N2O. The minimum Gasteiger partial charge on any atom is -0.354 e. The Hall–Kier alpha value is -3.98. The molecule has 0 saturated heterocycles. The molecule has 0 aliphatic heterocycles. The van der Waals surface area contributed by atoms with Gasteiger partial charge in [-0.25, -0.2) is 4.98 Å². The molecule has 6 rings (SSSR count). The number of rotatable bonds is 2. The van der Waals surface area contributed by atoms with Crippen LogP contribution in [0.5, 0.6) is 0 Å². The molecule has 0 spiro atoms. The van der Waals surface area contributed by atoms with E-state index < -0.39 is 0 Å². The molecule has 0 bridgehead atoms. The summed E-state index contributed by atoms with van der Waals surface area (Å²) >= 11 is 0. The molecule has 5 aromatic rings. The standard InChI is InChI=1S/C28H20N2O/c1-16-7-10-18(11-8-16)29-24-14-12-21-26-25(19-5-3-4-6-20(19)28(21)31)22-15-17(2)9-13-23(22)30-27(24)26/h3-15,29H,1-2H3. The highest BCUT2D eigenvalue weighted by Gasteiger charge is 2.28. The maximum Gasteiger partial charge on any atom is 0.194 e. The largest absolute Gasteiger partial charge is 0.354 e. The Balaban J connectivity index is 1.73. The van der Waals surface area contributed by atoms with Gasteiger partial charge in [0.1, 0.15) is 0 Å². The third-order valence-corrected chi connectivity index (χ3v) is 6.10. The number of aryl methyl sites for hydroxylation is 2. The van der Waals surface area contributed by atoms with Gasteiger partial charge in [0.2, 0.25) is 0 Å². The van der Waals surface area contributed by atoms with Crippen molar-refractivity contribution in [2.24, 2.45) is 0 Å². The van der Waals surface area contributed by atoms with Crippen molar-refractivity contribution < 1.29 is 4.79 Å². The molecule has 4 aromatic carbocycles. The SMILES string of the molecule is Cc1ccc(Nc2ccc3c4c(c5cc(C)ccc5nc24)-c2ccccc2C3=O)cc1. The van der Waals surface area contributed by atoms with Crippen LogP contribution in [0.3, 0.4) is 0 Å². The third kappa shape index (κ3) is 2.67. The molecule has 3 nitrogen and oxygen atoms in total. The zero-order valence-corrected chi connectivity index (χ0v) is 17.4. The highest BCUT2D eigenvalue weighted by atomic mass is 16.1. The minimum absolute atomic E-state index is 0.0591. The summed E-state index contributed by atoms with van der Waals surface area (Å²) in [7, 11) is 0. The van der Waals surface area contributed by atoms with E-state index >= 15 is 0 Å². The number of aromatic nitrogens is 1. The molecule has 0 saturated carbocycles. The van der Waals surface area contributed by atoms with Crippen LogP contribution in [0.25, 0.3) is 32.9 Å². The van der Waals surface area contributed by atoms with E-state index in [2.05, 4.69) is 61.6 Å². The summed E-state index contributed by atoms with van der Waals surface area (Å²) in [5, 5.41) is 5.53. The minimum atomic E-state index is 0.0591. The van der Waals surface area contributed by atoms with Crippen molar-refractivity contribution in [1.82, 2.24) is 4.98 Å². The average Bonchev–Trinajstić information content (AvgIpc) is 2.79. The second kappa shape index (κ2) is 6.51. The van der Waals surface area contributed by atoms with Crippen LogP contribution in [-0.4, -0.2) is 10.8 Å². The molecule has 148 valence electrons. The molecule has 0 amide bonds. The summed E-state index contributed by atoms with van der Waals surface area (Å²) in [5.74, 6) is 0.0591. The first-order valence-corrected chi connectivity index (χ1v) is 10.4. The molecule has 1 N–H and O–H groups in total. The van der Waals surface area contributed by atoms with Crippen LogP contribution in [0.1, 0.15) is 27.0 Å². The van der Waals surface area contributed by atoms with E-state index in [1.54, 1.807) is 0 Å². The fourth-order valence-electron chi connectivity index (χ4n) is 4.57. The first-order valence-electron chi connectivity index (χ1n) is 10.4. The molecule has 0 radical (unpaired) electrons. The fourth-order valence-corrected chi connectivity index (χ4v) is 4.57. The Morgan fingerprint density at radius 3 is 2.29 bits per heavy atom. The normalized spacial score (nSPS) is 12.3. The van der Waals surface area contributed by atoms with E-state index in [0.29, 0.717) is 5.56 Å². The van der Waals surface area contributed by atoms with Crippen molar-refractivity contribution >= 4 is 39.0 Å². The van der Waals surface area contributed by atoms with Crippen molar-refractivity contribution in [2.45, 2.75) is 13.8 Å². The first-order chi connectivity index (χ1) is 15.1. The van der Waals surface area contributed by atoms with Gasteiger partial charge in [-0.2, -0.15) is 0 Å². The van der Waals surface area contributed by atoms with Gasteiger partial charge in [0.25, 0.3) is 0 Å². The summed E-state index contributed by atoms with van der Waals surface area (Å²) in [6, 6.07) is 26.4. The number of ketones is 1. The van der Waals surface area contributed by atoms with Crippen molar-refractivity contribution in [3.63, 3.8) is 0 Å². The third-order valence-electron chi connectivity index (χ3n) is 6.10. The van der Waals surface area contributed by atoms with Crippen molar-refractivity contribution in [2.75, 3.05) is 5.32 Å². The Labute approximate surface area is 180 Å². The lowest BCUT2D eigenvalue weighted by molar-refractivity contribution is 0.104. The van der Waals surface area contributed by atoms with Gasteiger partial charge in [-0.05, 0) is 55.8 Å². The topological polar surface area (TPSA) is 42.0 Å². The van der Waals surface area contributed by atoms with Gasteiger partial charge in [0, 0.05) is 33.2 Å². The van der Waals surface area contributed by atoms with E-state index in [1.165, 1.54) is 11.1 Å². The molecule has 1 heterocycles. The summed E-state index contributed by atoms with van der Waals surface area (Å²) < 4.78 is 0.